The maximum absolute atomic E-state index is 12.7. The summed E-state index contributed by atoms with van der Waals surface area (Å²) in [6.07, 6.45) is 9.34. The molecule has 6 heteroatoms. The van der Waals surface area contributed by atoms with E-state index < -0.39 is 15.1 Å². The average Bonchev–Trinajstić information content (AvgIpc) is 2.53. The van der Waals surface area contributed by atoms with Crippen molar-refractivity contribution in [2.24, 2.45) is 11.8 Å². The molecular weight excluding hydrogens is 355 g/mol. The number of rotatable bonds is 5. The predicted octanol–water partition coefficient (Wildman–Crippen LogP) is 8.08. The Bertz CT molecular complexity index is 628. The third-order valence-corrected chi connectivity index (χ3v) is 5.95. The topological polar surface area (TPSA) is 0 Å². The van der Waals surface area contributed by atoms with Gasteiger partial charge in [0.15, 0.2) is 0 Å². The fraction of sp³-hybridized carbons (Fsp3) is 0.579. The van der Waals surface area contributed by atoms with Crippen LogP contribution in [0.4, 0.5) is 19.4 Å². The SMILES string of the molecule is CCCCC[C@H]1CC[C@H](C#Cc2ccc(S(F)(F)(F)(F)F)cc2)CC1. The fourth-order valence-electron chi connectivity index (χ4n) is 3.26. The second kappa shape index (κ2) is 6.83. The van der Waals surface area contributed by atoms with Crippen LogP contribution in [0.2, 0.25) is 0 Å². The molecular formula is C19H25F5S. The van der Waals surface area contributed by atoms with Crippen molar-refractivity contribution in [1.29, 1.82) is 0 Å². The second-order valence-corrected chi connectivity index (χ2v) is 9.39. The molecule has 0 aliphatic heterocycles. The van der Waals surface area contributed by atoms with Crippen LogP contribution in [0, 0.1) is 23.7 Å². The second-order valence-electron chi connectivity index (χ2n) is 6.98. The van der Waals surface area contributed by atoms with Crippen molar-refractivity contribution >= 4 is 10.2 Å². The summed E-state index contributed by atoms with van der Waals surface area (Å²) < 4.78 is 63.3. The Morgan fingerprint density at radius 2 is 1.52 bits per heavy atom. The lowest BCUT2D eigenvalue weighted by Crippen LogP contribution is -2.13. The molecule has 1 aliphatic carbocycles. The molecule has 0 radical (unpaired) electrons. The van der Waals surface area contributed by atoms with E-state index in [1.165, 1.54) is 25.7 Å². The van der Waals surface area contributed by atoms with Gasteiger partial charge < -0.3 is 0 Å². The van der Waals surface area contributed by atoms with Crippen LogP contribution in [0.15, 0.2) is 29.2 Å². The Balaban J connectivity index is 1.91. The van der Waals surface area contributed by atoms with E-state index in [4.69, 9.17) is 0 Å². The summed E-state index contributed by atoms with van der Waals surface area (Å²) in [4.78, 5) is -1.86. The van der Waals surface area contributed by atoms with Crippen molar-refractivity contribution in [2.75, 3.05) is 0 Å². The van der Waals surface area contributed by atoms with E-state index >= 15 is 0 Å². The highest BCUT2D eigenvalue weighted by Gasteiger charge is 2.65. The maximum atomic E-state index is 12.7. The summed E-state index contributed by atoms with van der Waals surface area (Å²) in [5.74, 6) is 6.94. The summed E-state index contributed by atoms with van der Waals surface area (Å²) in [7, 11) is -9.59. The van der Waals surface area contributed by atoms with Gasteiger partial charge in [-0.05, 0) is 55.9 Å². The molecule has 142 valence electrons. The highest BCUT2D eigenvalue weighted by atomic mass is 32.5. The largest absolute Gasteiger partial charge is 0.310 e. The molecule has 0 unspecified atom stereocenters. The summed E-state index contributed by atoms with van der Waals surface area (Å²) in [5.41, 5.74) is 0.343. The smallest absolute Gasteiger partial charge is 0.0945 e. The Hall–Kier alpha value is -1.22. The van der Waals surface area contributed by atoms with Crippen molar-refractivity contribution in [3.8, 4) is 11.8 Å². The molecule has 0 N–H and O–H groups in total. The number of halogens is 5. The molecule has 1 aromatic carbocycles. The van der Waals surface area contributed by atoms with Crippen molar-refractivity contribution in [3.63, 3.8) is 0 Å². The van der Waals surface area contributed by atoms with E-state index in [2.05, 4.69) is 18.8 Å². The van der Waals surface area contributed by atoms with Crippen LogP contribution < -0.4 is 0 Å². The molecule has 1 fully saturated rings. The zero-order valence-electron chi connectivity index (χ0n) is 14.4. The zero-order chi connectivity index (χ0) is 18.6. The Morgan fingerprint density at radius 1 is 0.920 bits per heavy atom. The van der Waals surface area contributed by atoms with Gasteiger partial charge in [-0.1, -0.05) is 63.9 Å². The highest BCUT2D eigenvalue weighted by Crippen LogP contribution is 3.02. The molecule has 1 aliphatic rings. The quantitative estimate of drug-likeness (QED) is 0.275. The highest BCUT2D eigenvalue weighted by molar-refractivity contribution is 8.45. The third-order valence-electron chi connectivity index (χ3n) is 4.78. The number of hydrogen-bond acceptors (Lipinski definition) is 0. The number of benzene rings is 1. The zero-order valence-corrected chi connectivity index (χ0v) is 15.2. The van der Waals surface area contributed by atoms with E-state index in [-0.39, 0.29) is 5.92 Å². The van der Waals surface area contributed by atoms with Gasteiger partial charge >= 0.3 is 10.2 Å². The van der Waals surface area contributed by atoms with Crippen molar-refractivity contribution in [2.45, 2.75) is 63.2 Å². The van der Waals surface area contributed by atoms with E-state index in [0.717, 1.165) is 43.7 Å². The van der Waals surface area contributed by atoms with Crippen molar-refractivity contribution in [1.82, 2.24) is 0 Å². The number of hydrogen-bond donors (Lipinski definition) is 0. The Labute approximate surface area is 146 Å². The van der Waals surface area contributed by atoms with Crippen molar-refractivity contribution in [3.05, 3.63) is 29.8 Å². The fourth-order valence-corrected chi connectivity index (χ4v) is 3.91. The van der Waals surface area contributed by atoms with Crippen LogP contribution in [0.5, 0.6) is 0 Å². The molecule has 25 heavy (non-hydrogen) atoms. The van der Waals surface area contributed by atoms with Gasteiger partial charge in [-0.25, -0.2) is 0 Å². The van der Waals surface area contributed by atoms with Gasteiger partial charge in [0.1, 0.15) is 4.90 Å². The van der Waals surface area contributed by atoms with Gasteiger partial charge in [0, 0.05) is 11.5 Å². The molecule has 1 saturated carbocycles. The van der Waals surface area contributed by atoms with Gasteiger partial charge in [-0.15, -0.1) is 0 Å². The molecule has 0 nitrogen and oxygen atoms in total. The van der Waals surface area contributed by atoms with Crippen LogP contribution in [0.25, 0.3) is 0 Å². The van der Waals surface area contributed by atoms with E-state index in [1.54, 1.807) is 0 Å². The first-order valence-corrected chi connectivity index (χ1v) is 10.8. The lowest BCUT2D eigenvalue weighted by Gasteiger charge is -2.40. The standard InChI is InChI=1S/C19H25F5S/c1-2-3-4-5-16-6-8-17(9-7-16)10-11-18-12-14-19(15-13-18)25(20,21,22,23)24/h12-17H,2-9H2,1H3/t16-,17-. The van der Waals surface area contributed by atoms with Gasteiger partial charge in [0.25, 0.3) is 0 Å². The molecule has 0 saturated heterocycles. The normalized spacial score (nSPS) is 23.9. The molecule has 0 aromatic heterocycles. The van der Waals surface area contributed by atoms with Crippen LogP contribution >= 0.6 is 10.2 Å². The Morgan fingerprint density at radius 3 is 2.04 bits per heavy atom. The average molecular weight is 380 g/mol. The minimum atomic E-state index is -9.59. The summed E-state index contributed by atoms with van der Waals surface area (Å²) in [6.45, 7) is 2.19. The molecule has 0 amide bonds. The van der Waals surface area contributed by atoms with Crippen molar-refractivity contribution < 1.29 is 19.4 Å². The van der Waals surface area contributed by atoms with Gasteiger partial charge in [-0.3, -0.25) is 0 Å². The summed E-state index contributed by atoms with van der Waals surface area (Å²) in [5, 5.41) is 0. The maximum Gasteiger partial charge on any atom is 0.310 e. The van der Waals surface area contributed by atoms with Crippen LogP contribution in [-0.4, -0.2) is 0 Å². The Kier molecular flexibility index (Phi) is 5.49. The molecule has 1 aromatic rings. The van der Waals surface area contributed by atoms with E-state index in [9.17, 15) is 19.4 Å². The van der Waals surface area contributed by atoms with E-state index in [0.29, 0.717) is 17.7 Å². The van der Waals surface area contributed by atoms with Crippen LogP contribution in [0.3, 0.4) is 0 Å². The van der Waals surface area contributed by atoms with Gasteiger partial charge in [0.2, 0.25) is 0 Å². The summed E-state index contributed by atoms with van der Waals surface area (Å²) >= 11 is 0. The van der Waals surface area contributed by atoms with Crippen LogP contribution in [0.1, 0.15) is 63.9 Å². The first kappa shape index (κ1) is 20.1. The molecule has 2 rings (SSSR count). The lowest BCUT2D eigenvalue weighted by atomic mass is 9.80. The lowest BCUT2D eigenvalue weighted by molar-refractivity contribution is 0.294. The predicted molar refractivity (Wildman–Crippen MR) is 94.3 cm³/mol. The monoisotopic (exact) mass is 380 g/mol. The summed E-state index contributed by atoms with van der Waals surface area (Å²) in [6, 6.07) is 2.90. The molecule has 0 spiro atoms. The molecule has 0 atom stereocenters. The van der Waals surface area contributed by atoms with Gasteiger partial charge in [0.05, 0.1) is 0 Å². The third kappa shape index (κ3) is 6.54. The first-order valence-electron chi connectivity index (χ1n) is 8.83. The van der Waals surface area contributed by atoms with E-state index in [1.807, 2.05) is 0 Å². The van der Waals surface area contributed by atoms with Crippen LogP contribution in [-0.2, 0) is 0 Å². The minimum Gasteiger partial charge on any atom is -0.0945 e. The first-order chi connectivity index (χ1) is 11.5. The molecule has 0 heterocycles. The minimum absolute atomic E-state index is 0.248. The number of unbranched alkanes of at least 4 members (excludes halogenated alkanes) is 2. The molecule has 0 bridgehead atoms. The van der Waals surface area contributed by atoms with Gasteiger partial charge in [-0.2, -0.15) is 0 Å².